The number of hydrogen-bond donors (Lipinski definition) is 3. The molecule has 3 aromatic rings. The third kappa shape index (κ3) is 2.87. The van der Waals surface area contributed by atoms with Crippen LogP contribution in [0.2, 0.25) is 0 Å². The molecule has 1 aliphatic rings. The van der Waals surface area contributed by atoms with E-state index >= 15 is 0 Å². The minimum Gasteiger partial charge on any atom is -0.464 e. The molecule has 1 amide bonds. The van der Waals surface area contributed by atoms with Gasteiger partial charge in [0.05, 0.1) is 5.69 Å². The molecule has 0 aromatic heterocycles. The fraction of sp³-hybridized carbons (Fsp3) is 0.0500. The summed E-state index contributed by atoms with van der Waals surface area (Å²) in [6, 6.07) is 18.9. The molecule has 0 saturated heterocycles. The summed E-state index contributed by atoms with van der Waals surface area (Å²) in [4.78, 5) is 11.5. The quantitative estimate of drug-likeness (QED) is 0.491. The Morgan fingerprint density at radius 2 is 1.85 bits per heavy atom. The van der Waals surface area contributed by atoms with E-state index in [1.165, 1.54) is 6.07 Å². The number of carbonyl (C=O) groups excluding carboxylic acids is 1. The van der Waals surface area contributed by atoms with Crippen LogP contribution < -0.4 is 15.5 Å². The standard InChI is InChI=1S/C20H15FN2O3/c21-16-4-2-1-3-15(16)12-5-7-13(8-6-12)20-22-17-11-14(19(24)23-25)9-10-18(17)26-20/h1-11,20,22,25H,(H,23,24). The molecule has 130 valence electrons. The number of benzene rings is 3. The molecule has 0 spiro atoms. The van der Waals surface area contributed by atoms with Crippen LogP contribution in [0.5, 0.6) is 5.75 Å². The highest BCUT2D eigenvalue weighted by atomic mass is 19.1. The second-order valence-electron chi connectivity index (χ2n) is 5.90. The maximum absolute atomic E-state index is 13.9. The predicted octanol–water partition coefficient (Wildman–Crippen LogP) is 4.11. The Labute approximate surface area is 149 Å². The van der Waals surface area contributed by atoms with Crippen LogP contribution in [0.25, 0.3) is 11.1 Å². The first-order valence-corrected chi connectivity index (χ1v) is 8.02. The molecule has 1 unspecified atom stereocenters. The van der Waals surface area contributed by atoms with Gasteiger partial charge in [0.25, 0.3) is 5.91 Å². The zero-order chi connectivity index (χ0) is 18.1. The molecule has 26 heavy (non-hydrogen) atoms. The molecule has 0 radical (unpaired) electrons. The van der Waals surface area contributed by atoms with Crippen LogP contribution in [0.1, 0.15) is 22.1 Å². The molecule has 3 aromatic carbocycles. The fourth-order valence-corrected chi connectivity index (χ4v) is 2.93. The normalized spacial score (nSPS) is 14.9. The van der Waals surface area contributed by atoms with Gasteiger partial charge < -0.3 is 10.1 Å². The van der Waals surface area contributed by atoms with E-state index in [1.807, 2.05) is 24.3 Å². The topological polar surface area (TPSA) is 70.6 Å². The summed E-state index contributed by atoms with van der Waals surface area (Å²) in [5.41, 5.74) is 4.78. The molecule has 1 atom stereocenters. The second-order valence-corrected chi connectivity index (χ2v) is 5.90. The maximum Gasteiger partial charge on any atom is 0.274 e. The van der Waals surface area contributed by atoms with Gasteiger partial charge in [-0.05, 0) is 29.8 Å². The van der Waals surface area contributed by atoms with Crippen molar-refractivity contribution in [3.05, 3.63) is 83.7 Å². The maximum atomic E-state index is 13.9. The van der Waals surface area contributed by atoms with Crippen LogP contribution in [0.4, 0.5) is 10.1 Å². The smallest absolute Gasteiger partial charge is 0.274 e. The molecule has 6 heteroatoms. The minimum absolute atomic E-state index is 0.266. The Balaban J connectivity index is 1.56. The van der Waals surface area contributed by atoms with E-state index in [9.17, 15) is 9.18 Å². The van der Waals surface area contributed by atoms with E-state index < -0.39 is 12.1 Å². The van der Waals surface area contributed by atoms with Crippen molar-refractivity contribution >= 4 is 11.6 Å². The summed E-state index contributed by atoms with van der Waals surface area (Å²) in [5.74, 6) is -0.243. The van der Waals surface area contributed by atoms with Gasteiger partial charge in [-0.2, -0.15) is 0 Å². The molecule has 3 N–H and O–H groups in total. The summed E-state index contributed by atoms with van der Waals surface area (Å²) < 4.78 is 19.8. The van der Waals surface area contributed by atoms with E-state index in [1.54, 1.807) is 41.9 Å². The number of amides is 1. The van der Waals surface area contributed by atoms with Gasteiger partial charge >= 0.3 is 0 Å². The van der Waals surface area contributed by atoms with Gasteiger partial charge in [-0.3, -0.25) is 10.0 Å². The van der Waals surface area contributed by atoms with Gasteiger partial charge in [-0.25, -0.2) is 9.87 Å². The Kier molecular flexibility index (Phi) is 4.02. The van der Waals surface area contributed by atoms with Gasteiger partial charge in [0.2, 0.25) is 0 Å². The first-order chi connectivity index (χ1) is 12.7. The molecule has 4 rings (SSSR count). The first kappa shape index (κ1) is 16.1. The zero-order valence-corrected chi connectivity index (χ0v) is 13.6. The highest BCUT2D eigenvalue weighted by molar-refractivity contribution is 5.95. The highest BCUT2D eigenvalue weighted by Crippen LogP contribution is 2.38. The molecule has 0 bridgehead atoms. The highest BCUT2D eigenvalue weighted by Gasteiger charge is 2.24. The molecule has 1 aliphatic heterocycles. The Morgan fingerprint density at radius 3 is 2.58 bits per heavy atom. The van der Waals surface area contributed by atoms with E-state index in [0.717, 1.165) is 11.1 Å². The zero-order valence-electron chi connectivity index (χ0n) is 13.6. The van der Waals surface area contributed by atoms with Gasteiger partial charge in [-0.1, -0.05) is 42.5 Å². The van der Waals surface area contributed by atoms with Crippen LogP contribution >= 0.6 is 0 Å². The molecule has 0 aliphatic carbocycles. The number of anilines is 1. The number of ether oxygens (including phenoxy) is 1. The van der Waals surface area contributed by atoms with Crippen molar-refractivity contribution in [1.29, 1.82) is 0 Å². The average molecular weight is 350 g/mol. The van der Waals surface area contributed by atoms with Crippen LogP contribution in [0.15, 0.2) is 66.7 Å². The third-order valence-electron chi connectivity index (χ3n) is 4.27. The van der Waals surface area contributed by atoms with Gasteiger partial charge in [0, 0.05) is 16.7 Å². The largest absolute Gasteiger partial charge is 0.464 e. The second kappa shape index (κ2) is 6.50. The first-order valence-electron chi connectivity index (χ1n) is 8.02. The molecule has 0 fully saturated rings. The molecule has 1 heterocycles. The van der Waals surface area contributed by atoms with Gasteiger partial charge in [0.1, 0.15) is 11.6 Å². The fourth-order valence-electron chi connectivity index (χ4n) is 2.93. The number of hydrogen-bond acceptors (Lipinski definition) is 4. The number of hydroxylamine groups is 1. The Morgan fingerprint density at radius 1 is 1.08 bits per heavy atom. The predicted molar refractivity (Wildman–Crippen MR) is 94.5 cm³/mol. The van der Waals surface area contributed by atoms with Crippen molar-refractivity contribution in [2.75, 3.05) is 5.32 Å². The Bertz CT molecular complexity index is 973. The Hall–Kier alpha value is -3.38. The summed E-state index contributed by atoms with van der Waals surface area (Å²) in [6.07, 6.45) is -0.410. The lowest BCUT2D eigenvalue weighted by atomic mass is 10.0. The molecular formula is C20H15FN2O3. The van der Waals surface area contributed by atoms with E-state index in [0.29, 0.717) is 22.6 Å². The van der Waals surface area contributed by atoms with Crippen molar-refractivity contribution in [3.63, 3.8) is 0 Å². The number of halogens is 1. The summed E-state index contributed by atoms with van der Waals surface area (Å²) in [5, 5.41) is 11.9. The van der Waals surface area contributed by atoms with Crippen molar-refractivity contribution < 1.29 is 19.1 Å². The van der Waals surface area contributed by atoms with Crippen molar-refractivity contribution in [3.8, 4) is 16.9 Å². The summed E-state index contributed by atoms with van der Waals surface area (Å²) in [7, 11) is 0. The summed E-state index contributed by atoms with van der Waals surface area (Å²) >= 11 is 0. The number of nitrogens with one attached hydrogen (secondary N) is 2. The summed E-state index contributed by atoms with van der Waals surface area (Å²) in [6.45, 7) is 0. The number of rotatable bonds is 3. The monoisotopic (exact) mass is 350 g/mol. The number of carbonyl (C=O) groups is 1. The lowest BCUT2D eigenvalue weighted by Gasteiger charge is -2.12. The van der Waals surface area contributed by atoms with Gasteiger partial charge in [0.15, 0.2) is 6.23 Å². The minimum atomic E-state index is -0.590. The third-order valence-corrected chi connectivity index (χ3v) is 4.27. The lowest BCUT2D eigenvalue weighted by molar-refractivity contribution is 0.0706. The van der Waals surface area contributed by atoms with E-state index in [-0.39, 0.29) is 5.82 Å². The van der Waals surface area contributed by atoms with Crippen LogP contribution in [-0.4, -0.2) is 11.1 Å². The number of fused-ring (bicyclic) bond motifs is 1. The van der Waals surface area contributed by atoms with Crippen molar-refractivity contribution in [2.24, 2.45) is 0 Å². The lowest BCUT2D eigenvalue weighted by Crippen LogP contribution is -2.18. The van der Waals surface area contributed by atoms with E-state index in [2.05, 4.69) is 5.32 Å². The molecular weight excluding hydrogens is 335 g/mol. The van der Waals surface area contributed by atoms with Crippen molar-refractivity contribution in [2.45, 2.75) is 6.23 Å². The molecule has 0 saturated carbocycles. The molecule has 5 nitrogen and oxygen atoms in total. The van der Waals surface area contributed by atoms with Crippen LogP contribution in [0.3, 0.4) is 0 Å². The van der Waals surface area contributed by atoms with Gasteiger partial charge in [-0.15, -0.1) is 0 Å². The van der Waals surface area contributed by atoms with Crippen LogP contribution in [0, 0.1) is 5.82 Å². The van der Waals surface area contributed by atoms with Crippen LogP contribution in [-0.2, 0) is 0 Å². The SMILES string of the molecule is O=C(NO)c1ccc2c(c1)NC(c1ccc(-c3ccccc3F)cc1)O2. The van der Waals surface area contributed by atoms with Crippen molar-refractivity contribution in [1.82, 2.24) is 5.48 Å². The average Bonchev–Trinajstić information content (AvgIpc) is 3.11. The van der Waals surface area contributed by atoms with E-state index in [4.69, 9.17) is 9.94 Å².